The molecule has 0 saturated carbocycles. The van der Waals surface area contributed by atoms with Gasteiger partial charge in [-0.05, 0) is 26.7 Å². The monoisotopic (exact) mass is 183 g/mol. The maximum absolute atomic E-state index is 11.3. The van der Waals surface area contributed by atoms with Crippen LogP contribution in [0.4, 0.5) is 4.79 Å². The van der Waals surface area contributed by atoms with Crippen molar-refractivity contribution < 1.29 is 14.3 Å². The van der Waals surface area contributed by atoms with Crippen LogP contribution in [0.5, 0.6) is 0 Å². The summed E-state index contributed by atoms with van der Waals surface area (Å²) in [4.78, 5) is 24.2. The van der Waals surface area contributed by atoms with Crippen molar-refractivity contribution in [1.82, 2.24) is 4.90 Å². The Morgan fingerprint density at radius 2 is 2.00 bits per heavy atom. The van der Waals surface area contributed by atoms with Crippen LogP contribution in [0, 0.1) is 5.92 Å². The number of carbonyl (C=O) groups is 2. The third kappa shape index (κ3) is 1.12. The van der Waals surface area contributed by atoms with Crippen molar-refractivity contribution in [2.75, 3.05) is 0 Å². The van der Waals surface area contributed by atoms with Gasteiger partial charge in [-0.2, -0.15) is 0 Å². The number of carbonyl (C=O) groups excluding carboxylic acids is 2. The van der Waals surface area contributed by atoms with E-state index in [0.717, 1.165) is 12.8 Å². The largest absolute Gasteiger partial charge is 0.418 e. The zero-order chi connectivity index (χ0) is 9.59. The van der Waals surface area contributed by atoms with Gasteiger partial charge in [-0.1, -0.05) is 0 Å². The van der Waals surface area contributed by atoms with Crippen LogP contribution in [-0.2, 0) is 9.53 Å². The molecule has 2 saturated heterocycles. The van der Waals surface area contributed by atoms with Gasteiger partial charge in [0.25, 0.3) is 0 Å². The Kier molecular flexibility index (Phi) is 1.78. The summed E-state index contributed by atoms with van der Waals surface area (Å²) in [7, 11) is 0. The van der Waals surface area contributed by atoms with Crippen molar-refractivity contribution in [1.29, 1.82) is 0 Å². The molecule has 0 aromatic carbocycles. The van der Waals surface area contributed by atoms with Crippen LogP contribution in [-0.4, -0.2) is 29.0 Å². The summed E-state index contributed by atoms with van der Waals surface area (Å²) in [5.74, 6) is -0.539. The van der Waals surface area contributed by atoms with Gasteiger partial charge in [0.15, 0.2) is 0 Å². The van der Waals surface area contributed by atoms with E-state index in [4.69, 9.17) is 0 Å². The van der Waals surface area contributed by atoms with Gasteiger partial charge in [-0.3, -0.25) is 4.79 Å². The average Bonchev–Trinajstić information content (AvgIpc) is 2.44. The molecule has 4 heteroatoms. The lowest BCUT2D eigenvalue weighted by Crippen LogP contribution is -2.51. The number of nitrogens with zero attached hydrogens (tertiary/aromatic N) is 1. The van der Waals surface area contributed by atoms with Gasteiger partial charge in [0, 0.05) is 12.1 Å². The Labute approximate surface area is 76.8 Å². The molecule has 0 radical (unpaired) electrons. The number of fused-ring (bicyclic) bond motifs is 1. The molecule has 0 N–H and O–H groups in total. The van der Waals surface area contributed by atoms with Gasteiger partial charge in [-0.15, -0.1) is 0 Å². The lowest BCUT2D eigenvalue weighted by Gasteiger charge is -2.34. The first kappa shape index (κ1) is 8.53. The second-order valence-electron chi connectivity index (χ2n) is 3.88. The summed E-state index contributed by atoms with van der Waals surface area (Å²) >= 11 is 0. The Hall–Kier alpha value is -1.06. The molecule has 2 rings (SSSR count). The van der Waals surface area contributed by atoms with Gasteiger partial charge in [0.1, 0.15) is 0 Å². The van der Waals surface area contributed by atoms with Crippen LogP contribution in [0.25, 0.3) is 0 Å². The van der Waals surface area contributed by atoms with Gasteiger partial charge in [-0.25, -0.2) is 4.79 Å². The number of cyclic esters (lactones) is 2. The lowest BCUT2D eigenvalue weighted by molar-refractivity contribution is -0.149. The highest BCUT2D eigenvalue weighted by Gasteiger charge is 2.46. The van der Waals surface area contributed by atoms with Gasteiger partial charge in [0.2, 0.25) is 0 Å². The minimum Gasteiger partial charge on any atom is -0.376 e. The highest BCUT2D eigenvalue weighted by molar-refractivity contribution is 5.89. The van der Waals surface area contributed by atoms with E-state index in [2.05, 4.69) is 4.74 Å². The number of hydrogen-bond donors (Lipinski definition) is 0. The highest BCUT2D eigenvalue weighted by atomic mass is 16.6. The lowest BCUT2D eigenvalue weighted by atomic mass is 9.99. The van der Waals surface area contributed by atoms with Gasteiger partial charge >= 0.3 is 12.1 Å². The van der Waals surface area contributed by atoms with E-state index in [9.17, 15) is 9.59 Å². The molecule has 0 spiro atoms. The van der Waals surface area contributed by atoms with Crippen molar-refractivity contribution in [3.05, 3.63) is 0 Å². The molecule has 2 aliphatic rings. The number of amides is 1. The van der Waals surface area contributed by atoms with Crippen LogP contribution >= 0.6 is 0 Å². The molecule has 0 bridgehead atoms. The van der Waals surface area contributed by atoms with E-state index in [-0.39, 0.29) is 24.0 Å². The molecular formula is C9H13NO3. The fraction of sp³-hybridized carbons (Fsp3) is 0.778. The second-order valence-corrected chi connectivity index (χ2v) is 3.88. The van der Waals surface area contributed by atoms with Gasteiger partial charge < -0.3 is 9.64 Å². The summed E-state index contributed by atoms with van der Waals surface area (Å²) in [6.07, 6.45) is 1.43. The van der Waals surface area contributed by atoms with Crippen molar-refractivity contribution in [2.24, 2.45) is 5.92 Å². The minimum absolute atomic E-state index is 0.0729. The normalized spacial score (nSPS) is 38.9. The zero-order valence-electron chi connectivity index (χ0n) is 7.82. The Bertz CT molecular complexity index is 264. The van der Waals surface area contributed by atoms with Crippen molar-refractivity contribution in [3.8, 4) is 0 Å². The molecule has 2 heterocycles. The Morgan fingerprint density at radius 1 is 1.31 bits per heavy atom. The SMILES string of the molecule is C[C@@H]1C(=O)OC(=O)N2[C@@H]1CC[C@@H]2C. The number of hydrogen-bond acceptors (Lipinski definition) is 3. The average molecular weight is 183 g/mol. The van der Waals surface area contributed by atoms with Gasteiger partial charge in [0.05, 0.1) is 5.92 Å². The van der Waals surface area contributed by atoms with Crippen LogP contribution in [0.1, 0.15) is 26.7 Å². The van der Waals surface area contributed by atoms with Crippen LogP contribution in [0.15, 0.2) is 0 Å². The smallest absolute Gasteiger partial charge is 0.376 e. The van der Waals surface area contributed by atoms with E-state index < -0.39 is 6.09 Å². The van der Waals surface area contributed by atoms with E-state index in [1.165, 1.54) is 0 Å². The topological polar surface area (TPSA) is 46.6 Å². The zero-order valence-corrected chi connectivity index (χ0v) is 7.82. The van der Waals surface area contributed by atoms with E-state index >= 15 is 0 Å². The van der Waals surface area contributed by atoms with Crippen LogP contribution in [0.3, 0.4) is 0 Å². The molecule has 0 unspecified atom stereocenters. The minimum atomic E-state index is -0.460. The predicted octanol–water partition coefficient (Wildman–Crippen LogP) is 1.15. The molecule has 1 amide bonds. The first-order valence-corrected chi connectivity index (χ1v) is 4.65. The quantitative estimate of drug-likeness (QED) is 0.418. The molecule has 2 fully saturated rings. The summed E-state index contributed by atoms with van der Waals surface area (Å²) in [6, 6.07) is 0.289. The molecular weight excluding hydrogens is 170 g/mol. The van der Waals surface area contributed by atoms with Crippen LogP contribution < -0.4 is 0 Å². The fourth-order valence-electron chi connectivity index (χ4n) is 2.21. The molecule has 0 aromatic rings. The summed E-state index contributed by atoms with van der Waals surface area (Å²) in [6.45, 7) is 3.81. The molecule has 3 atom stereocenters. The summed E-state index contributed by atoms with van der Waals surface area (Å²) in [5, 5.41) is 0. The second kappa shape index (κ2) is 2.72. The number of ether oxygens (including phenoxy) is 1. The summed E-state index contributed by atoms with van der Waals surface area (Å²) in [5.41, 5.74) is 0. The maximum atomic E-state index is 11.3. The third-order valence-electron chi connectivity index (χ3n) is 3.06. The summed E-state index contributed by atoms with van der Waals surface area (Å²) < 4.78 is 4.63. The highest BCUT2D eigenvalue weighted by Crippen LogP contribution is 2.33. The van der Waals surface area contributed by atoms with Crippen LogP contribution in [0.2, 0.25) is 0 Å². The first-order chi connectivity index (χ1) is 6.11. The third-order valence-corrected chi connectivity index (χ3v) is 3.06. The van der Waals surface area contributed by atoms with E-state index in [1.807, 2.05) is 13.8 Å². The predicted molar refractivity (Wildman–Crippen MR) is 45.0 cm³/mol. The maximum Gasteiger partial charge on any atom is 0.418 e. The van der Waals surface area contributed by atoms with E-state index in [1.54, 1.807) is 4.90 Å². The molecule has 72 valence electrons. The van der Waals surface area contributed by atoms with E-state index in [0.29, 0.717) is 0 Å². The molecule has 0 aromatic heterocycles. The van der Waals surface area contributed by atoms with Crippen molar-refractivity contribution in [3.63, 3.8) is 0 Å². The Morgan fingerprint density at radius 3 is 2.69 bits per heavy atom. The number of esters is 1. The van der Waals surface area contributed by atoms with Crippen molar-refractivity contribution in [2.45, 2.75) is 38.8 Å². The number of rotatable bonds is 0. The molecule has 4 nitrogen and oxygen atoms in total. The standard InChI is InChI=1S/C9H13NO3/c1-5-3-4-7-6(2)8(11)13-9(12)10(5)7/h5-7H,3-4H2,1-2H3/t5-,6-,7+/m0/s1. The molecule has 0 aliphatic carbocycles. The first-order valence-electron chi connectivity index (χ1n) is 4.65. The van der Waals surface area contributed by atoms with Crippen molar-refractivity contribution >= 4 is 12.1 Å². The molecule has 2 aliphatic heterocycles. The Balaban J connectivity index is 2.26. The fourth-order valence-corrected chi connectivity index (χ4v) is 2.21. The molecule has 13 heavy (non-hydrogen) atoms.